The fraction of sp³-hybridized carbons (Fsp3) is 0.500. The van der Waals surface area contributed by atoms with E-state index in [2.05, 4.69) is 6.92 Å². The molecule has 0 radical (unpaired) electrons. The Kier molecular flexibility index (Phi) is 3.26. The van der Waals surface area contributed by atoms with E-state index in [1.165, 1.54) is 12.1 Å². The standard InChI is InChI=1S/C12H15FN2O2/c1-9-4-2-3-5-14(9)11-6-10(13)7-12(8-11)15(16)17/h6-9H,2-5H2,1H3. The van der Waals surface area contributed by atoms with Crippen molar-refractivity contribution < 1.29 is 9.31 Å². The van der Waals surface area contributed by atoms with E-state index in [-0.39, 0.29) is 5.69 Å². The van der Waals surface area contributed by atoms with Gasteiger partial charge in [-0.15, -0.1) is 0 Å². The Morgan fingerprint density at radius 1 is 1.41 bits per heavy atom. The monoisotopic (exact) mass is 238 g/mol. The lowest BCUT2D eigenvalue weighted by Crippen LogP contribution is -2.37. The second-order valence-corrected chi connectivity index (χ2v) is 4.46. The van der Waals surface area contributed by atoms with Crippen molar-refractivity contribution in [3.63, 3.8) is 0 Å². The Balaban J connectivity index is 2.33. The molecule has 17 heavy (non-hydrogen) atoms. The van der Waals surface area contributed by atoms with Crippen LogP contribution < -0.4 is 4.90 Å². The molecular formula is C12H15FN2O2. The van der Waals surface area contributed by atoms with Crippen molar-refractivity contribution in [3.05, 3.63) is 34.1 Å². The lowest BCUT2D eigenvalue weighted by Gasteiger charge is -2.35. The van der Waals surface area contributed by atoms with Gasteiger partial charge in [0.1, 0.15) is 5.82 Å². The summed E-state index contributed by atoms with van der Waals surface area (Å²) in [4.78, 5) is 12.2. The molecule has 2 rings (SSSR count). The quantitative estimate of drug-likeness (QED) is 0.587. The van der Waals surface area contributed by atoms with Crippen LogP contribution in [0.5, 0.6) is 0 Å². The average molecular weight is 238 g/mol. The molecule has 1 aliphatic heterocycles. The molecule has 5 heteroatoms. The summed E-state index contributed by atoms with van der Waals surface area (Å²) in [6.45, 7) is 2.90. The van der Waals surface area contributed by atoms with Crippen LogP contribution in [0.15, 0.2) is 18.2 Å². The zero-order chi connectivity index (χ0) is 12.4. The summed E-state index contributed by atoms with van der Waals surface area (Å²) in [5, 5.41) is 10.7. The normalized spacial score (nSPS) is 20.4. The van der Waals surface area contributed by atoms with Gasteiger partial charge in [0.25, 0.3) is 5.69 Å². The molecule has 1 saturated heterocycles. The lowest BCUT2D eigenvalue weighted by molar-refractivity contribution is -0.385. The molecular weight excluding hydrogens is 223 g/mol. The number of nitrogens with zero attached hydrogens (tertiary/aromatic N) is 2. The molecule has 0 aliphatic carbocycles. The van der Waals surface area contributed by atoms with E-state index in [1.807, 2.05) is 4.90 Å². The summed E-state index contributed by atoms with van der Waals surface area (Å²) in [7, 11) is 0. The Morgan fingerprint density at radius 3 is 2.82 bits per heavy atom. The second-order valence-electron chi connectivity index (χ2n) is 4.46. The van der Waals surface area contributed by atoms with Crippen LogP contribution >= 0.6 is 0 Å². The Bertz CT molecular complexity index is 437. The van der Waals surface area contributed by atoms with Gasteiger partial charge in [0.15, 0.2) is 0 Å². The van der Waals surface area contributed by atoms with Crippen LogP contribution in [0.2, 0.25) is 0 Å². The number of hydrogen-bond donors (Lipinski definition) is 0. The minimum Gasteiger partial charge on any atom is -0.369 e. The fourth-order valence-electron chi connectivity index (χ4n) is 2.31. The van der Waals surface area contributed by atoms with Crippen molar-refractivity contribution in [2.24, 2.45) is 0 Å². The molecule has 0 aromatic heterocycles. The maximum atomic E-state index is 13.3. The highest BCUT2D eigenvalue weighted by molar-refractivity contribution is 5.54. The Morgan fingerprint density at radius 2 is 2.18 bits per heavy atom. The van der Waals surface area contributed by atoms with Crippen molar-refractivity contribution >= 4 is 11.4 Å². The number of nitro groups is 1. The molecule has 1 aliphatic rings. The number of rotatable bonds is 2. The third-order valence-electron chi connectivity index (χ3n) is 3.21. The summed E-state index contributed by atoms with van der Waals surface area (Å²) in [6.07, 6.45) is 3.26. The molecule has 1 aromatic rings. The van der Waals surface area contributed by atoms with Gasteiger partial charge in [0.05, 0.1) is 11.0 Å². The highest BCUT2D eigenvalue weighted by Gasteiger charge is 2.21. The summed E-state index contributed by atoms with van der Waals surface area (Å²) >= 11 is 0. The molecule has 1 fully saturated rings. The first-order chi connectivity index (χ1) is 8.08. The highest BCUT2D eigenvalue weighted by atomic mass is 19.1. The minimum absolute atomic E-state index is 0.183. The number of nitro benzene ring substituents is 1. The van der Waals surface area contributed by atoms with Crippen molar-refractivity contribution in [2.75, 3.05) is 11.4 Å². The van der Waals surface area contributed by atoms with E-state index in [0.717, 1.165) is 31.9 Å². The van der Waals surface area contributed by atoms with E-state index in [0.29, 0.717) is 11.7 Å². The molecule has 0 amide bonds. The number of non-ortho nitro benzene ring substituents is 1. The van der Waals surface area contributed by atoms with Crippen molar-refractivity contribution in [1.29, 1.82) is 0 Å². The topological polar surface area (TPSA) is 46.4 Å². The third-order valence-corrected chi connectivity index (χ3v) is 3.21. The molecule has 1 unspecified atom stereocenters. The first kappa shape index (κ1) is 11.8. The lowest BCUT2D eigenvalue weighted by atomic mass is 10.0. The predicted octanol–water partition coefficient (Wildman–Crippen LogP) is 3.11. The number of hydrogen-bond acceptors (Lipinski definition) is 3. The Hall–Kier alpha value is -1.65. The van der Waals surface area contributed by atoms with Crippen molar-refractivity contribution in [2.45, 2.75) is 32.2 Å². The zero-order valence-electron chi connectivity index (χ0n) is 9.73. The number of halogens is 1. The van der Waals surface area contributed by atoms with Gasteiger partial charge < -0.3 is 4.90 Å². The molecule has 0 spiro atoms. The van der Waals surface area contributed by atoms with Gasteiger partial charge in [-0.1, -0.05) is 0 Å². The minimum atomic E-state index is -0.554. The largest absolute Gasteiger partial charge is 0.369 e. The molecule has 1 aromatic carbocycles. The van der Waals surface area contributed by atoms with Crippen LogP contribution in [0.25, 0.3) is 0 Å². The molecule has 92 valence electrons. The predicted molar refractivity (Wildman–Crippen MR) is 63.7 cm³/mol. The molecule has 0 bridgehead atoms. The third kappa shape index (κ3) is 2.54. The number of anilines is 1. The van der Waals surface area contributed by atoms with Gasteiger partial charge in [-0.05, 0) is 32.3 Å². The second kappa shape index (κ2) is 4.69. The van der Waals surface area contributed by atoms with Crippen LogP contribution in [0.3, 0.4) is 0 Å². The van der Waals surface area contributed by atoms with E-state index >= 15 is 0 Å². The van der Waals surface area contributed by atoms with Gasteiger partial charge in [0.2, 0.25) is 0 Å². The van der Waals surface area contributed by atoms with E-state index in [1.54, 1.807) is 0 Å². The molecule has 1 heterocycles. The van der Waals surface area contributed by atoms with Crippen LogP contribution in [0.1, 0.15) is 26.2 Å². The molecule has 4 nitrogen and oxygen atoms in total. The van der Waals surface area contributed by atoms with Crippen molar-refractivity contribution in [1.82, 2.24) is 0 Å². The number of piperidine rings is 1. The van der Waals surface area contributed by atoms with Gasteiger partial charge in [-0.25, -0.2) is 4.39 Å². The average Bonchev–Trinajstić information content (AvgIpc) is 2.28. The first-order valence-corrected chi connectivity index (χ1v) is 5.79. The Labute approximate surface area is 99.2 Å². The van der Waals surface area contributed by atoms with E-state index < -0.39 is 10.7 Å². The summed E-state index contributed by atoms with van der Waals surface area (Å²) in [6, 6.07) is 4.09. The van der Waals surface area contributed by atoms with Crippen molar-refractivity contribution in [3.8, 4) is 0 Å². The van der Waals surface area contributed by atoms with Gasteiger partial charge in [0, 0.05) is 24.3 Å². The highest BCUT2D eigenvalue weighted by Crippen LogP contribution is 2.28. The first-order valence-electron chi connectivity index (χ1n) is 5.79. The van der Waals surface area contributed by atoms with Gasteiger partial charge in [-0.3, -0.25) is 10.1 Å². The van der Waals surface area contributed by atoms with Gasteiger partial charge in [-0.2, -0.15) is 0 Å². The molecule has 0 N–H and O–H groups in total. The zero-order valence-corrected chi connectivity index (χ0v) is 9.73. The maximum Gasteiger partial charge on any atom is 0.274 e. The fourth-order valence-corrected chi connectivity index (χ4v) is 2.31. The smallest absolute Gasteiger partial charge is 0.274 e. The molecule has 0 saturated carbocycles. The van der Waals surface area contributed by atoms with Crippen LogP contribution in [-0.4, -0.2) is 17.5 Å². The van der Waals surface area contributed by atoms with Crippen LogP contribution in [0.4, 0.5) is 15.8 Å². The molecule has 1 atom stereocenters. The van der Waals surface area contributed by atoms with Gasteiger partial charge >= 0.3 is 0 Å². The summed E-state index contributed by atoms with van der Waals surface area (Å²) in [5.74, 6) is -0.549. The van der Waals surface area contributed by atoms with E-state index in [4.69, 9.17) is 0 Å². The van der Waals surface area contributed by atoms with E-state index in [9.17, 15) is 14.5 Å². The van der Waals surface area contributed by atoms with Crippen LogP contribution in [-0.2, 0) is 0 Å². The maximum absolute atomic E-state index is 13.3. The summed E-state index contributed by atoms with van der Waals surface area (Å²) in [5.41, 5.74) is 0.432. The SMILES string of the molecule is CC1CCCCN1c1cc(F)cc([N+](=O)[O-])c1. The summed E-state index contributed by atoms with van der Waals surface area (Å²) < 4.78 is 13.3. The number of benzene rings is 1. The van der Waals surface area contributed by atoms with Crippen LogP contribution in [0, 0.1) is 15.9 Å².